The van der Waals surface area contributed by atoms with Gasteiger partial charge in [0.2, 0.25) is 0 Å². The Labute approximate surface area is 108 Å². The second kappa shape index (κ2) is 4.76. The van der Waals surface area contributed by atoms with E-state index in [2.05, 4.69) is 4.98 Å². The van der Waals surface area contributed by atoms with Gasteiger partial charge in [-0.2, -0.15) is 0 Å². The summed E-state index contributed by atoms with van der Waals surface area (Å²) in [6.07, 6.45) is 0. The van der Waals surface area contributed by atoms with Crippen LogP contribution in [0.5, 0.6) is 0 Å². The number of fused-ring (bicyclic) bond motifs is 1. The summed E-state index contributed by atoms with van der Waals surface area (Å²) in [7, 11) is 1.60. The minimum Gasteiger partial charge on any atom is -0.378 e. The molecule has 0 aliphatic rings. The van der Waals surface area contributed by atoms with Crippen molar-refractivity contribution >= 4 is 45.7 Å². The van der Waals surface area contributed by atoms with E-state index in [1.54, 1.807) is 25.3 Å². The van der Waals surface area contributed by atoms with Crippen LogP contribution in [0.15, 0.2) is 18.2 Å². The van der Waals surface area contributed by atoms with Crippen LogP contribution in [0.3, 0.4) is 0 Å². The molecule has 1 heterocycles. The molecule has 1 aromatic carbocycles. The molecule has 2 nitrogen and oxygen atoms in total. The third-order valence-corrected chi connectivity index (χ3v) is 3.27. The second-order valence-corrected chi connectivity index (χ2v) is 4.48. The maximum Gasteiger partial charge on any atom is 0.0922 e. The zero-order chi connectivity index (χ0) is 11.7. The molecule has 5 heteroatoms. The van der Waals surface area contributed by atoms with Crippen molar-refractivity contribution in [1.29, 1.82) is 0 Å². The summed E-state index contributed by atoms with van der Waals surface area (Å²) in [6, 6.07) is 5.27. The van der Waals surface area contributed by atoms with E-state index in [1.807, 2.05) is 0 Å². The lowest BCUT2D eigenvalue weighted by molar-refractivity contribution is 0.182. The van der Waals surface area contributed by atoms with E-state index >= 15 is 0 Å². The Balaban J connectivity index is 2.73. The van der Waals surface area contributed by atoms with Gasteiger partial charge in [0.1, 0.15) is 0 Å². The van der Waals surface area contributed by atoms with Crippen LogP contribution in [0, 0.1) is 0 Å². The van der Waals surface area contributed by atoms with Crippen LogP contribution in [0.2, 0.25) is 15.1 Å². The smallest absolute Gasteiger partial charge is 0.0922 e. The lowest BCUT2D eigenvalue weighted by atomic mass is 10.2. The molecule has 0 atom stereocenters. The van der Waals surface area contributed by atoms with Crippen LogP contribution < -0.4 is 0 Å². The maximum atomic E-state index is 6.12. The summed E-state index contributed by atoms with van der Waals surface area (Å²) in [5.74, 6) is 0. The maximum absolute atomic E-state index is 6.12. The zero-order valence-electron chi connectivity index (χ0n) is 8.43. The summed E-state index contributed by atoms with van der Waals surface area (Å²) >= 11 is 18.1. The quantitative estimate of drug-likeness (QED) is 0.814. The van der Waals surface area contributed by atoms with Crippen molar-refractivity contribution in [3.63, 3.8) is 0 Å². The molecule has 84 valence electrons. The van der Waals surface area contributed by atoms with E-state index in [1.165, 1.54) is 0 Å². The molecule has 0 N–H and O–H groups in total. The number of hydrogen-bond acceptors (Lipinski definition) is 2. The van der Waals surface area contributed by atoms with E-state index in [4.69, 9.17) is 39.5 Å². The Kier molecular flexibility index (Phi) is 3.55. The summed E-state index contributed by atoms with van der Waals surface area (Å²) in [5.41, 5.74) is 1.33. The number of nitrogens with zero attached hydrogens (tertiary/aromatic N) is 1. The van der Waals surface area contributed by atoms with Gasteiger partial charge < -0.3 is 4.74 Å². The minimum atomic E-state index is 0.387. The third kappa shape index (κ3) is 2.11. The van der Waals surface area contributed by atoms with Gasteiger partial charge in [-0.05, 0) is 18.2 Å². The SMILES string of the molecule is COCc1cc(Cl)c2ccc(Cl)c(Cl)c2n1. The molecule has 0 bridgehead atoms. The molecule has 2 aromatic rings. The molecule has 16 heavy (non-hydrogen) atoms. The van der Waals surface area contributed by atoms with Crippen LogP contribution in [-0.4, -0.2) is 12.1 Å². The normalized spacial score (nSPS) is 11.0. The van der Waals surface area contributed by atoms with Crippen molar-refractivity contribution in [2.24, 2.45) is 0 Å². The average Bonchev–Trinajstić information content (AvgIpc) is 2.25. The first-order valence-electron chi connectivity index (χ1n) is 4.55. The van der Waals surface area contributed by atoms with Crippen LogP contribution in [0.4, 0.5) is 0 Å². The molecule has 0 radical (unpaired) electrons. The minimum absolute atomic E-state index is 0.387. The Bertz CT molecular complexity index is 542. The number of hydrogen-bond donors (Lipinski definition) is 0. The van der Waals surface area contributed by atoms with Gasteiger partial charge in [-0.25, -0.2) is 4.98 Å². The van der Waals surface area contributed by atoms with E-state index < -0.39 is 0 Å². The lowest BCUT2D eigenvalue weighted by Gasteiger charge is -2.06. The highest BCUT2D eigenvalue weighted by Crippen LogP contribution is 2.33. The highest BCUT2D eigenvalue weighted by atomic mass is 35.5. The van der Waals surface area contributed by atoms with E-state index in [0.29, 0.717) is 27.2 Å². The fraction of sp³-hybridized carbons (Fsp3) is 0.182. The molecular formula is C11H8Cl3NO. The molecule has 0 fully saturated rings. The van der Waals surface area contributed by atoms with Crippen LogP contribution in [-0.2, 0) is 11.3 Å². The number of aromatic nitrogens is 1. The highest BCUT2D eigenvalue weighted by Gasteiger charge is 2.09. The summed E-state index contributed by atoms with van der Waals surface area (Å²) in [5, 5.41) is 2.26. The molecule has 0 amide bonds. The Morgan fingerprint density at radius 2 is 1.94 bits per heavy atom. The number of pyridine rings is 1. The molecule has 1 aromatic heterocycles. The Hall–Kier alpha value is -0.540. The van der Waals surface area contributed by atoms with E-state index in [0.717, 1.165) is 11.1 Å². The van der Waals surface area contributed by atoms with Gasteiger partial charge in [-0.15, -0.1) is 0 Å². The second-order valence-electron chi connectivity index (χ2n) is 3.29. The van der Waals surface area contributed by atoms with Gasteiger partial charge in [-0.1, -0.05) is 34.8 Å². The van der Waals surface area contributed by atoms with E-state index in [9.17, 15) is 0 Å². The summed E-state index contributed by atoms with van der Waals surface area (Å²) in [6.45, 7) is 0.387. The van der Waals surface area contributed by atoms with Crippen molar-refractivity contribution in [1.82, 2.24) is 4.98 Å². The fourth-order valence-corrected chi connectivity index (χ4v) is 2.10. The summed E-state index contributed by atoms with van der Waals surface area (Å²) in [4.78, 5) is 4.36. The molecule has 0 saturated heterocycles. The predicted octanol–water partition coefficient (Wildman–Crippen LogP) is 4.34. The number of methoxy groups -OCH3 is 1. The number of benzene rings is 1. The predicted molar refractivity (Wildman–Crippen MR) is 67.5 cm³/mol. The van der Waals surface area contributed by atoms with Crippen LogP contribution >= 0.6 is 34.8 Å². The zero-order valence-corrected chi connectivity index (χ0v) is 10.7. The van der Waals surface area contributed by atoms with Crippen molar-refractivity contribution in [2.75, 3.05) is 7.11 Å². The largest absolute Gasteiger partial charge is 0.378 e. The molecule has 0 unspecified atom stereocenters. The molecule has 0 aliphatic heterocycles. The number of ether oxygens (including phenoxy) is 1. The van der Waals surface area contributed by atoms with Gasteiger partial charge in [0.05, 0.1) is 32.9 Å². The first kappa shape index (κ1) is 11.9. The first-order chi connectivity index (χ1) is 7.63. The molecular weight excluding hydrogens is 268 g/mol. The third-order valence-electron chi connectivity index (χ3n) is 2.17. The van der Waals surface area contributed by atoms with Gasteiger partial charge in [0.25, 0.3) is 0 Å². The summed E-state index contributed by atoms with van der Waals surface area (Å²) < 4.78 is 5.00. The van der Waals surface area contributed by atoms with Crippen LogP contribution in [0.1, 0.15) is 5.69 Å². The molecule has 2 rings (SSSR count). The average molecular weight is 277 g/mol. The van der Waals surface area contributed by atoms with Gasteiger partial charge in [0, 0.05) is 12.5 Å². The van der Waals surface area contributed by atoms with Crippen molar-refractivity contribution in [3.05, 3.63) is 39.0 Å². The van der Waals surface area contributed by atoms with Crippen LogP contribution in [0.25, 0.3) is 10.9 Å². The fourth-order valence-electron chi connectivity index (χ4n) is 1.46. The van der Waals surface area contributed by atoms with Crippen molar-refractivity contribution in [3.8, 4) is 0 Å². The highest BCUT2D eigenvalue weighted by molar-refractivity contribution is 6.46. The first-order valence-corrected chi connectivity index (χ1v) is 5.69. The Morgan fingerprint density at radius 3 is 2.62 bits per heavy atom. The van der Waals surface area contributed by atoms with Crippen molar-refractivity contribution < 1.29 is 4.74 Å². The molecule has 0 aliphatic carbocycles. The lowest BCUT2D eigenvalue weighted by Crippen LogP contribution is -1.94. The molecule has 0 saturated carbocycles. The number of rotatable bonds is 2. The standard InChI is InChI=1S/C11H8Cl3NO/c1-16-5-6-4-9(13)7-2-3-8(12)10(14)11(7)15-6/h2-4H,5H2,1H3. The topological polar surface area (TPSA) is 22.1 Å². The van der Waals surface area contributed by atoms with Gasteiger partial charge in [0.15, 0.2) is 0 Å². The van der Waals surface area contributed by atoms with Gasteiger partial charge in [-0.3, -0.25) is 0 Å². The van der Waals surface area contributed by atoms with Crippen molar-refractivity contribution in [2.45, 2.75) is 6.61 Å². The molecule has 0 spiro atoms. The number of halogens is 3. The van der Waals surface area contributed by atoms with Gasteiger partial charge >= 0.3 is 0 Å². The Morgan fingerprint density at radius 1 is 1.19 bits per heavy atom. The monoisotopic (exact) mass is 275 g/mol. The van der Waals surface area contributed by atoms with E-state index in [-0.39, 0.29) is 0 Å².